The molecule has 2 rings (SSSR count). The van der Waals surface area contributed by atoms with E-state index in [1.54, 1.807) is 0 Å². The first kappa shape index (κ1) is 23.0. The fourth-order valence-corrected chi connectivity index (χ4v) is 3.20. The maximum Gasteiger partial charge on any atom is 0.403 e. The van der Waals surface area contributed by atoms with Crippen LogP contribution in [0.4, 0.5) is 18.9 Å². The normalized spacial score (nSPS) is 17.2. The molecule has 0 radical (unpaired) electrons. The molecule has 1 aliphatic rings. The Balaban J connectivity index is 1.89. The highest BCUT2D eigenvalue weighted by Crippen LogP contribution is 2.25. The second-order valence-electron chi connectivity index (χ2n) is 7.10. The van der Waals surface area contributed by atoms with Gasteiger partial charge in [0.15, 0.2) is 5.96 Å². The predicted molar refractivity (Wildman–Crippen MR) is 109 cm³/mol. The van der Waals surface area contributed by atoms with E-state index in [2.05, 4.69) is 15.6 Å². The van der Waals surface area contributed by atoms with Crippen molar-refractivity contribution in [2.24, 2.45) is 4.99 Å². The second-order valence-corrected chi connectivity index (χ2v) is 7.10. The summed E-state index contributed by atoms with van der Waals surface area (Å²) in [6, 6.07) is 6.18. The van der Waals surface area contributed by atoms with Gasteiger partial charge < -0.3 is 15.5 Å². The molecule has 29 heavy (non-hydrogen) atoms. The number of carbonyl (C=O) groups is 1. The van der Waals surface area contributed by atoms with Crippen molar-refractivity contribution in [3.8, 4) is 0 Å². The third-order valence-corrected chi connectivity index (χ3v) is 4.91. The van der Waals surface area contributed by atoms with Crippen LogP contribution in [0.1, 0.15) is 26.3 Å². The van der Waals surface area contributed by atoms with Crippen LogP contribution >= 0.6 is 0 Å². The molecule has 0 aliphatic carbocycles. The fourth-order valence-electron chi connectivity index (χ4n) is 3.20. The number of rotatable bonds is 6. The van der Waals surface area contributed by atoms with E-state index >= 15 is 0 Å². The van der Waals surface area contributed by atoms with Gasteiger partial charge in [-0.15, -0.1) is 0 Å². The van der Waals surface area contributed by atoms with E-state index in [0.717, 1.165) is 23.6 Å². The topological polar surface area (TPSA) is 60.0 Å². The summed E-state index contributed by atoms with van der Waals surface area (Å²) >= 11 is 0. The average molecular weight is 413 g/mol. The molecule has 1 aromatic carbocycles. The van der Waals surface area contributed by atoms with Crippen molar-refractivity contribution in [2.75, 3.05) is 44.6 Å². The smallest absolute Gasteiger partial charge is 0.357 e. The van der Waals surface area contributed by atoms with Crippen LogP contribution in [0.15, 0.2) is 29.3 Å². The molecular weight excluding hydrogens is 383 g/mol. The van der Waals surface area contributed by atoms with Crippen molar-refractivity contribution < 1.29 is 18.0 Å². The van der Waals surface area contributed by atoms with Crippen molar-refractivity contribution in [1.29, 1.82) is 0 Å². The van der Waals surface area contributed by atoms with Crippen molar-refractivity contribution in [3.63, 3.8) is 0 Å². The lowest BCUT2D eigenvalue weighted by atomic mass is 10.1. The zero-order valence-corrected chi connectivity index (χ0v) is 17.2. The third-order valence-electron chi connectivity index (χ3n) is 4.91. The van der Waals surface area contributed by atoms with Gasteiger partial charge in [-0.2, -0.15) is 13.2 Å². The predicted octanol–water partition coefficient (Wildman–Crippen LogP) is 2.72. The first-order chi connectivity index (χ1) is 13.7. The third kappa shape index (κ3) is 7.23. The van der Waals surface area contributed by atoms with Gasteiger partial charge >= 0.3 is 6.18 Å². The molecule has 2 N–H and O–H groups in total. The molecular formula is C20H30F3N5O. The van der Waals surface area contributed by atoms with Gasteiger partial charge in [0.1, 0.15) is 6.04 Å². The lowest BCUT2D eigenvalue weighted by Gasteiger charge is -2.39. The van der Waals surface area contributed by atoms with Crippen LogP contribution in [0.25, 0.3) is 0 Å². The number of halogens is 3. The number of benzene rings is 1. The second kappa shape index (κ2) is 10.5. The van der Waals surface area contributed by atoms with Gasteiger partial charge in [-0.05, 0) is 38.0 Å². The van der Waals surface area contributed by atoms with E-state index < -0.39 is 12.2 Å². The number of amides is 1. The summed E-state index contributed by atoms with van der Waals surface area (Å²) < 4.78 is 38.7. The minimum Gasteiger partial charge on any atom is -0.357 e. The van der Waals surface area contributed by atoms with Crippen LogP contribution < -0.4 is 10.6 Å². The molecule has 1 heterocycles. The number of nitrogens with one attached hydrogen (secondary N) is 2. The number of carbonyl (C=O) groups excluding carboxylic acids is 1. The molecule has 1 aliphatic heterocycles. The van der Waals surface area contributed by atoms with E-state index in [9.17, 15) is 18.0 Å². The van der Waals surface area contributed by atoms with E-state index in [4.69, 9.17) is 0 Å². The monoisotopic (exact) mass is 413 g/mol. The van der Waals surface area contributed by atoms with Crippen molar-refractivity contribution in [3.05, 3.63) is 29.8 Å². The maximum atomic E-state index is 12.9. The Morgan fingerprint density at radius 1 is 1.17 bits per heavy atom. The lowest BCUT2D eigenvalue weighted by Crippen LogP contribution is -2.56. The number of piperazine rings is 1. The minimum atomic E-state index is -4.20. The van der Waals surface area contributed by atoms with Gasteiger partial charge in [-0.1, -0.05) is 12.1 Å². The van der Waals surface area contributed by atoms with Gasteiger partial charge in [-0.3, -0.25) is 14.7 Å². The Labute approximate surface area is 170 Å². The van der Waals surface area contributed by atoms with Crippen molar-refractivity contribution in [2.45, 2.75) is 39.4 Å². The Morgan fingerprint density at radius 3 is 2.31 bits per heavy atom. The maximum absolute atomic E-state index is 12.9. The summed E-state index contributed by atoms with van der Waals surface area (Å²) in [5, 5.41) is 5.96. The molecule has 162 valence electrons. The molecule has 0 spiro atoms. The highest BCUT2D eigenvalue weighted by molar-refractivity contribution is 5.88. The molecule has 1 saturated heterocycles. The Kier molecular flexibility index (Phi) is 8.31. The summed E-state index contributed by atoms with van der Waals surface area (Å²) in [6.45, 7) is 7.66. The fraction of sp³-hybridized carbons (Fsp3) is 0.600. The lowest BCUT2D eigenvalue weighted by molar-refractivity contribution is -0.181. The summed E-state index contributed by atoms with van der Waals surface area (Å²) in [4.78, 5) is 19.2. The van der Waals surface area contributed by atoms with Crippen molar-refractivity contribution >= 4 is 17.6 Å². The first-order valence-corrected chi connectivity index (χ1v) is 9.91. The largest absolute Gasteiger partial charge is 0.403 e. The van der Waals surface area contributed by atoms with Gasteiger partial charge in [0.2, 0.25) is 5.91 Å². The quantitative estimate of drug-likeness (QED) is 0.556. The highest BCUT2D eigenvalue weighted by atomic mass is 19.4. The van der Waals surface area contributed by atoms with E-state index in [0.29, 0.717) is 39.3 Å². The number of aliphatic imine (C=N–C) groups is 1. The van der Waals surface area contributed by atoms with Crippen LogP contribution in [-0.2, 0) is 11.2 Å². The first-order valence-electron chi connectivity index (χ1n) is 9.91. The van der Waals surface area contributed by atoms with Crippen LogP contribution in [-0.4, -0.2) is 73.2 Å². The molecule has 1 amide bonds. The number of guanidine groups is 1. The molecule has 0 saturated carbocycles. The Hall–Kier alpha value is -2.29. The van der Waals surface area contributed by atoms with Crippen LogP contribution in [0.5, 0.6) is 0 Å². The zero-order chi connectivity index (χ0) is 21.4. The van der Waals surface area contributed by atoms with Gasteiger partial charge in [-0.25, -0.2) is 0 Å². The van der Waals surface area contributed by atoms with Crippen LogP contribution in [0, 0.1) is 0 Å². The minimum absolute atomic E-state index is 0.109. The molecule has 1 aromatic rings. The highest BCUT2D eigenvalue weighted by Gasteiger charge is 2.41. The van der Waals surface area contributed by atoms with Gasteiger partial charge in [0.05, 0.1) is 0 Å². The molecule has 1 unspecified atom stereocenters. The molecule has 0 bridgehead atoms. The number of hydrogen-bond donors (Lipinski definition) is 2. The Bertz CT molecular complexity index is 682. The SMILES string of the molecule is CCNC(=NCCc1ccc(NC(C)=O)cc1)N1CCN(C(C)C(F)(F)F)CC1. The van der Waals surface area contributed by atoms with Crippen LogP contribution in [0.2, 0.25) is 0 Å². The summed E-state index contributed by atoms with van der Waals surface area (Å²) in [6.07, 6.45) is -3.46. The summed E-state index contributed by atoms with van der Waals surface area (Å²) in [5.41, 5.74) is 1.85. The van der Waals surface area contributed by atoms with E-state index in [1.165, 1.54) is 18.7 Å². The number of alkyl halides is 3. The molecule has 9 heteroatoms. The zero-order valence-electron chi connectivity index (χ0n) is 17.2. The Morgan fingerprint density at radius 2 is 1.79 bits per heavy atom. The summed E-state index contributed by atoms with van der Waals surface area (Å²) in [7, 11) is 0. The van der Waals surface area contributed by atoms with Gasteiger partial charge in [0, 0.05) is 51.9 Å². The van der Waals surface area contributed by atoms with Gasteiger partial charge in [0.25, 0.3) is 0 Å². The molecule has 1 fully saturated rings. The van der Waals surface area contributed by atoms with Crippen molar-refractivity contribution in [1.82, 2.24) is 15.1 Å². The number of hydrogen-bond acceptors (Lipinski definition) is 3. The number of anilines is 1. The average Bonchev–Trinajstić information content (AvgIpc) is 2.67. The molecule has 1 atom stereocenters. The molecule has 6 nitrogen and oxygen atoms in total. The standard InChI is InChI=1S/C20H30F3N5O/c1-4-24-19(28-13-11-27(12-14-28)15(2)20(21,22)23)25-10-9-17-5-7-18(8-6-17)26-16(3)29/h5-8,15H,4,9-14H2,1-3H3,(H,24,25)(H,26,29). The van der Waals surface area contributed by atoms with Crippen LogP contribution in [0.3, 0.4) is 0 Å². The van der Waals surface area contributed by atoms with E-state index in [-0.39, 0.29) is 5.91 Å². The summed E-state index contributed by atoms with van der Waals surface area (Å²) in [5.74, 6) is 0.629. The van der Waals surface area contributed by atoms with E-state index in [1.807, 2.05) is 36.1 Å². The molecule has 0 aromatic heterocycles. The number of nitrogens with zero attached hydrogens (tertiary/aromatic N) is 3.